The number of carbonyl (C=O) groups excluding carboxylic acids is 1. The van der Waals surface area contributed by atoms with Crippen molar-refractivity contribution < 1.29 is 19.0 Å². The van der Waals surface area contributed by atoms with Gasteiger partial charge in [-0.15, -0.1) is 0 Å². The van der Waals surface area contributed by atoms with Crippen LogP contribution in [0.15, 0.2) is 42.5 Å². The van der Waals surface area contributed by atoms with Gasteiger partial charge in [0, 0.05) is 12.0 Å². The Labute approximate surface area is 199 Å². The minimum atomic E-state index is -0.354. The van der Waals surface area contributed by atoms with Crippen molar-refractivity contribution >= 4 is 5.97 Å². The average molecular weight is 453 g/mol. The number of benzene rings is 2. The molecule has 33 heavy (non-hydrogen) atoms. The summed E-state index contributed by atoms with van der Waals surface area (Å²) in [5, 5.41) is 0. The Morgan fingerprint density at radius 3 is 2.27 bits per heavy atom. The van der Waals surface area contributed by atoms with Crippen LogP contribution in [0.1, 0.15) is 100 Å². The fourth-order valence-corrected chi connectivity index (χ4v) is 4.25. The van der Waals surface area contributed by atoms with Gasteiger partial charge in [-0.3, -0.25) is 0 Å². The lowest BCUT2D eigenvalue weighted by molar-refractivity contribution is 0.0734. The monoisotopic (exact) mass is 452 g/mol. The molecule has 2 aromatic carbocycles. The van der Waals surface area contributed by atoms with Crippen LogP contribution in [-0.2, 0) is 6.42 Å². The van der Waals surface area contributed by atoms with E-state index in [0.717, 1.165) is 36.3 Å². The molecule has 0 aliphatic carbocycles. The van der Waals surface area contributed by atoms with Crippen molar-refractivity contribution in [3.05, 3.63) is 53.6 Å². The molecule has 0 aromatic heterocycles. The fraction of sp³-hybridized carbons (Fsp3) is 0.552. The van der Waals surface area contributed by atoms with E-state index >= 15 is 0 Å². The summed E-state index contributed by atoms with van der Waals surface area (Å²) >= 11 is 0. The van der Waals surface area contributed by atoms with Gasteiger partial charge in [-0.1, -0.05) is 65.2 Å². The summed E-state index contributed by atoms with van der Waals surface area (Å²) in [6.07, 6.45) is 14.6. The second-order valence-corrected chi connectivity index (χ2v) is 9.09. The van der Waals surface area contributed by atoms with Crippen molar-refractivity contribution in [1.29, 1.82) is 0 Å². The summed E-state index contributed by atoms with van der Waals surface area (Å²) in [6.45, 7) is 5.17. The second-order valence-electron chi connectivity index (χ2n) is 9.09. The van der Waals surface area contributed by atoms with Gasteiger partial charge >= 0.3 is 5.97 Å². The maximum Gasteiger partial charge on any atom is 0.343 e. The summed E-state index contributed by atoms with van der Waals surface area (Å²) in [7, 11) is 0. The van der Waals surface area contributed by atoms with E-state index in [1.807, 2.05) is 30.3 Å². The summed E-state index contributed by atoms with van der Waals surface area (Å²) in [6, 6.07) is 12.9. The highest BCUT2D eigenvalue weighted by Crippen LogP contribution is 2.34. The van der Waals surface area contributed by atoms with E-state index in [2.05, 4.69) is 13.8 Å². The number of esters is 1. The van der Waals surface area contributed by atoms with Crippen LogP contribution >= 0.6 is 0 Å². The molecule has 4 heteroatoms. The third-order valence-electron chi connectivity index (χ3n) is 6.22. The smallest absolute Gasteiger partial charge is 0.343 e. The van der Waals surface area contributed by atoms with Crippen LogP contribution in [0.4, 0.5) is 0 Å². The summed E-state index contributed by atoms with van der Waals surface area (Å²) in [5.74, 6) is 1.92. The topological polar surface area (TPSA) is 44.8 Å². The first kappa shape index (κ1) is 25.1. The molecule has 0 N–H and O–H groups in total. The van der Waals surface area contributed by atoms with Crippen LogP contribution in [-0.4, -0.2) is 18.7 Å². The molecular formula is C29H40O4. The standard InChI is InChI=1S/C29H40O4/c1-3-5-7-9-10-12-20-31-25-16-14-23(15-17-25)29(30)33-27-18-19-28-24(22-27)21-26(32-28)13-11-8-6-4-2/h14-19,22,26H,3-13,20-21H2,1-2H3. The molecule has 1 unspecified atom stereocenters. The van der Waals surface area contributed by atoms with Crippen LogP contribution in [0.3, 0.4) is 0 Å². The third-order valence-corrected chi connectivity index (χ3v) is 6.22. The third kappa shape index (κ3) is 8.42. The van der Waals surface area contributed by atoms with E-state index in [1.165, 1.54) is 57.8 Å². The maximum atomic E-state index is 12.6. The molecule has 1 atom stereocenters. The normalized spacial score (nSPS) is 14.5. The van der Waals surface area contributed by atoms with E-state index < -0.39 is 0 Å². The summed E-state index contributed by atoms with van der Waals surface area (Å²) in [4.78, 5) is 12.6. The highest BCUT2D eigenvalue weighted by atomic mass is 16.5. The fourth-order valence-electron chi connectivity index (χ4n) is 4.25. The number of ether oxygens (including phenoxy) is 3. The molecule has 3 rings (SSSR count). The Morgan fingerprint density at radius 1 is 0.848 bits per heavy atom. The molecule has 0 saturated carbocycles. The number of rotatable bonds is 15. The molecule has 0 amide bonds. The van der Waals surface area contributed by atoms with Crippen LogP contribution in [0.5, 0.6) is 17.2 Å². The molecule has 0 fully saturated rings. The van der Waals surface area contributed by atoms with Crippen LogP contribution in [0.2, 0.25) is 0 Å². The second kappa shape index (κ2) is 13.9. The van der Waals surface area contributed by atoms with Gasteiger partial charge in [0.25, 0.3) is 0 Å². The van der Waals surface area contributed by atoms with E-state index in [9.17, 15) is 4.79 Å². The first-order chi connectivity index (χ1) is 16.2. The molecular weight excluding hydrogens is 412 g/mol. The summed E-state index contributed by atoms with van der Waals surface area (Å²) in [5.41, 5.74) is 1.65. The van der Waals surface area contributed by atoms with Gasteiger partial charge in [0.05, 0.1) is 12.2 Å². The molecule has 1 aliphatic rings. The first-order valence-electron chi connectivity index (χ1n) is 12.9. The molecule has 1 heterocycles. The maximum absolute atomic E-state index is 12.6. The zero-order valence-corrected chi connectivity index (χ0v) is 20.4. The number of fused-ring (bicyclic) bond motifs is 1. The molecule has 1 aliphatic heterocycles. The Morgan fingerprint density at radius 2 is 1.52 bits per heavy atom. The number of hydrogen-bond donors (Lipinski definition) is 0. The van der Waals surface area contributed by atoms with Gasteiger partial charge in [-0.25, -0.2) is 4.79 Å². The Bertz CT molecular complexity index is 843. The van der Waals surface area contributed by atoms with E-state index in [4.69, 9.17) is 14.2 Å². The van der Waals surface area contributed by atoms with Crippen molar-refractivity contribution in [2.45, 2.75) is 97.0 Å². The zero-order valence-electron chi connectivity index (χ0n) is 20.4. The van der Waals surface area contributed by atoms with Gasteiger partial charge in [0.2, 0.25) is 0 Å². The Hall–Kier alpha value is -2.49. The van der Waals surface area contributed by atoms with E-state index in [1.54, 1.807) is 12.1 Å². The van der Waals surface area contributed by atoms with Crippen LogP contribution in [0.25, 0.3) is 0 Å². The molecule has 0 spiro atoms. The lowest BCUT2D eigenvalue weighted by Gasteiger charge is -2.09. The van der Waals surface area contributed by atoms with Crippen molar-refractivity contribution in [1.82, 2.24) is 0 Å². The molecule has 2 aromatic rings. The molecule has 0 bridgehead atoms. The minimum absolute atomic E-state index is 0.242. The largest absolute Gasteiger partial charge is 0.494 e. The average Bonchev–Trinajstić information content (AvgIpc) is 3.24. The number of hydrogen-bond acceptors (Lipinski definition) is 4. The zero-order chi connectivity index (χ0) is 23.3. The SMILES string of the molecule is CCCCCCCCOc1ccc(C(=O)Oc2ccc3c(c2)CC(CCCCCC)O3)cc1. The van der Waals surface area contributed by atoms with Gasteiger partial charge in [0.1, 0.15) is 23.4 Å². The van der Waals surface area contributed by atoms with Crippen LogP contribution in [0, 0.1) is 0 Å². The lowest BCUT2D eigenvalue weighted by Crippen LogP contribution is -2.12. The van der Waals surface area contributed by atoms with Crippen molar-refractivity contribution in [3.8, 4) is 17.2 Å². The minimum Gasteiger partial charge on any atom is -0.494 e. The van der Waals surface area contributed by atoms with Gasteiger partial charge < -0.3 is 14.2 Å². The van der Waals surface area contributed by atoms with Crippen LogP contribution < -0.4 is 14.2 Å². The predicted octanol–water partition coefficient (Wildman–Crippen LogP) is 7.92. The van der Waals surface area contributed by atoms with Crippen molar-refractivity contribution in [3.63, 3.8) is 0 Å². The first-order valence-corrected chi connectivity index (χ1v) is 12.9. The van der Waals surface area contributed by atoms with Crippen molar-refractivity contribution in [2.24, 2.45) is 0 Å². The van der Waals surface area contributed by atoms with Gasteiger partial charge in [-0.05, 0) is 61.7 Å². The Kier molecular flexibility index (Phi) is 10.6. The predicted molar refractivity (Wildman–Crippen MR) is 134 cm³/mol. The molecule has 4 nitrogen and oxygen atoms in total. The highest BCUT2D eigenvalue weighted by molar-refractivity contribution is 5.91. The van der Waals surface area contributed by atoms with Gasteiger partial charge in [0.15, 0.2) is 0 Å². The van der Waals surface area contributed by atoms with E-state index in [0.29, 0.717) is 17.9 Å². The highest BCUT2D eigenvalue weighted by Gasteiger charge is 2.23. The Balaban J connectivity index is 1.41. The summed E-state index contributed by atoms with van der Waals surface area (Å²) < 4.78 is 17.5. The number of carbonyl (C=O) groups is 1. The van der Waals surface area contributed by atoms with E-state index in [-0.39, 0.29) is 12.1 Å². The van der Waals surface area contributed by atoms with Crippen molar-refractivity contribution in [2.75, 3.05) is 6.61 Å². The molecule has 180 valence electrons. The molecule has 0 radical (unpaired) electrons. The lowest BCUT2D eigenvalue weighted by atomic mass is 10.0. The molecule has 0 saturated heterocycles. The van der Waals surface area contributed by atoms with Gasteiger partial charge in [-0.2, -0.15) is 0 Å². The quantitative estimate of drug-likeness (QED) is 0.156. The number of unbranched alkanes of at least 4 members (excludes halogenated alkanes) is 8.